The molecule has 0 bridgehead atoms. The topological polar surface area (TPSA) is 46.0 Å². The van der Waals surface area contributed by atoms with E-state index in [1.54, 1.807) is 0 Å². The lowest BCUT2D eigenvalue weighted by Crippen LogP contribution is -2.15. The lowest BCUT2D eigenvalue weighted by Gasteiger charge is -2.18. The van der Waals surface area contributed by atoms with Gasteiger partial charge in [0, 0.05) is 5.41 Å². The first-order valence-corrected chi connectivity index (χ1v) is 7.75. The zero-order chi connectivity index (χ0) is 13.6. The second-order valence-electron chi connectivity index (χ2n) is 5.95. The Bertz CT molecular complexity index is 344. The molecule has 0 aliphatic heterocycles. The van der Waals surface area contributed by atoms with E-state index in [0.717, 1.165) is 23.4 Å². The Balaban J connectivity index is 2.47. The van der Waals surface area contributed by atoms with Gasteiger partial charge in [-0.3, -0.25) is 0 Å². The van der Waals surface area contributed by atoms with Crippen molar-refractivity contribution in [2.45, 2.75) is 77.7 Å². The van der Waals surface area contributed by atoms with E-state index < -0.39 is 0 Å². The molecule has 0 amide bonds. The Kier molecular flexibility index (Phi) is 6.22. The van der Waals surface area contributed by atoms with Gasteiger partial charge in [-0.15, -0.1) is 5.10 Å². The SMILES string of the molecule is CCCCCCCC(O)c1snnc1C(C)(C)C. The largest absolute Gasteiger partial charge is 0.387 e. The molecule has 0 fully saturated rings. The van der Waals surface area contributed by atoms with Gasteiger partial charge in [-0.05, 0) is 18.0 Å². The molecule has 1 atom stereocenters. The highest BCUT2D eigenvalue weighted by Gasteiger charge is 2.25. The first-order valence-electron chi connectivity index (χ1n) is 6.97. The predicted molar refractivity (Wildman–Crippen MR) is 76.9 cm³/mol. The molecule has 0 saturated heterocycles. The minimum atomic E-state index is -0.388. The molecule has 4 heteroatoms. The van der Waals surface area contributed by atoms with Crippen LogP contribution in [-0.2, 0) is 5.41 Å². The van der Waals surface area contributed by atoms with E-state index in [1.165, 1.54) is 37.2 Å². The normalized spacial score (nSPS) is 13.8. The number of unbranched alkanes of at least 4 members (excludes halogenated alkanes) is 4. The molecule has 0 saturated carbocycles. The molecule has 104 valence electrons. The predicted octanol–water partition coefficient (Wildman–Crippen LogP) is 4.23. The Morgan fingerprint density at radius 2 is 1.83 bits per heavy atom. The van der Waals surface area contributed by atoms with Gasteiger partial charge in [-0.2, -0.15) is 0 Å². The van der Waals surface area contributed by atoms with Crippen molar-refractivity contribution in [2.75, 3.05) is 0 Å². The van der Waals surface area contributed by atoms with E-state index in [2.05, 4.69) is 37.3 Å². The highest BCUT2D eigenvalue weighted by atomic mass is 32.1. The maximum absolute atomic E-state index is 10.2. The molecule has 1 heterocycles. The van der Waals surface area contributed by atoms with Gasteiger partial charge in [0.1, 0.15) is 0 Å². The number of aliphatic hydroxyl groups excluding tert-OH is 1. The van der Waals surface area contributed by atoms with Gasteiger partial charge in [0.2, 0.25) is 0 Å². The number of aromatic nitrogens is 2. The maximum atomic E-state index is 10.2. The molecule has 18 heavy (non-hydrogen) atoms. The van der Waals surface area contributed by atoms with Crippen LogP contribution >= 0.6 is 11.5 Å². The summed E-state index contributed by atoms with van der Waals surface area (Å²) in [6.07, 6.45) is 6.57. The van der Waals surface area contributed by atoms with Crippen molar-refractivity contribution in [2.24, 2.45) is 0 Å². The molecular weight excluding hydrogens is 244 g/mol. The first kappa shape index (κ1) is 15.6. The summed E-state index contributed by atoms with van der Waals surface area (Å²) in [4.78, 5) is 0.956. The molecule has 0 aliphatic carbocycles. The highest BCUT2D eigenvalue weighted by Crippen LogP contribution is 2.32. The number of hydrogen-bond acceptors (Lipinski definition) is 4. The Morgan fingerprint density at radius 3 is 2.44 bits per heavy atom. The molecule has 1 N–H and O–H groups in total. The summed E-state index contributed by atoms with van der Waals surface area (Å²) in [5, 5.41) is 14.4. The van der Waals surface area contributed by atoms with Crippen molar-refractivity contribution in [1.29, 1.82) is 0 Å². The van der Waals surface area contributed by atoms with Crippen LogP contribution < -0.4 is 0 Å². The third-order valence-corrected chi connectivity index (χ3v) is 3.93. The molecule has 1 aromatic heterocycles. The lowest BCUT2D eigenvalue weighted by molar-refractivity contribution is 0.164. The van der Waals surface area contributed by atoms with E-state index in [9.17, 15) is 5.11 Å². The van der Waals surface area contributed by atoms with Crippen LogP contribution in [0.15, 0.2) is 0 Å². The van der Waals surface area contributed by atoms with Gasteiger partial charge in [-0.1, -0.05) is 64.3 Å². The fourth-order valence-corrected chi connectivity index (χ4v) is 2.89. The van der Waals surface area contributed by atoms with Crippen LogP contribution in [0.1, 0.15) is 82.9 Å². The fourth-order valence-electron chi connectivity index (χ4n) is 2.01. The van der Waals surface area contributed by atoms with E-state index >= 15 is 0 Å². The van der Waals surface area contributed by atoms with Gasteiger partial charge in [0.15, 0.2) is 0 Å². The van der Waals surface area contributed by atoms with Gasteiger partial charge >= 0.3 is 0 Å². The van der Waals surface area contributed by atoms with Crippen molar-refractivity contribution in [3.8, 4) is 0 Å². The maximum Gasteiger partial charge on any atom is 0.0917 e. The van der Waals surface area contributed by atoms with E-state index in [-0.39, 0.29) is 11.5 Å². The molecule has 0 radical (unpaired) electrons. The zero-order valence-electron chi connectivity index (χ0n) is 12.1. The lowest BCUT2D eigenvalue weighted by atomic mass is 9.90. The van der Waals surface area contributed by atoms with Crippen molar-refractivity contribution in [1.82, 2.24) is 9.59 Å². The third kappa shape index (κ3) is 4.65. The molecule has 0 aliphatic rings. The van der Waals surface area contributed by atoms with Gasteiger partial charge in [-0.25, -0.2) is 0 Å². The van der Waals surface area contributed by atoms with Crippen molar-refractivity contribution in [3.05, 3.63) is 10.6 Å². The minimum absolute atomic E-state index is 0.0362. The molecular formula is C14H26N2OS. The quantitative estimate of drug-likeness (QED) is 0.754. The summed E-state index contributed by atoms with van der Waals surface area (Å²) >= 11 is 1.34. The van der Waals surface area contributed by atoms with Crippen molar-refractivity contribution in [3.63, 3.8) is 0 Å². The van der Waals surface area contributed by atoms with Crippen molar-refractivity contribution >= 4 is 11.5 Å². The van der Waals surface area contributed by atoms with Gasteiger partial charge < -0.3 is 5.11 Å². The molecule has 1 rings (SSSR count). The summed E-state index contributed by atoms with van der Waals surface area (Å²) in [6.45, 7) is 8.55. The first-order chi connectivity index (χ1) is 8.46. The number of hydrogen-bond donors (Lipinski definition) is 1. The highest BCUT2D eigenvalue weighted by molar-refractivity contribution is 7.05. The second-order valence-corrected chi connectivity index (χ2v) is 6.74. The number of rotatable bonds is 7. The molecule has 1 aromatic rings. The summed E-state index contributed by atoms with van der Waals surface area (Å²) in [6, 6.07) is 0. The summed E-state index contributed by atoms with van der Waals surface area (Å²) in [5.41, 5.74) is 0.916. The van der Waals surface area contributed by atoms with Crippen LogP contribution in [0.2, 0.25) is 0 Å². The van der Waals surface area contributed by atoms with Gasteiger partial charge in [0.25, 0.3) is 0 Å². The monoisotopic (exact) mass is 270 g/mol. The molecule has 0 spiro atoms. The Morgan fingerprint density at radius 1 is 1.17 bits per heavy atom. The summed E-state index contributed by atoms with van der Waals surface area (Å²) < 4.78 is 4.00. The Labute approximate surface area is 115 Å². The van der Waals surface area contributed by atoms with Crippen LogP contribution in [0.25, 0.3) is 0 Å². The molecule has 3 nitrogen and oxygen atoms in total. The van der Waals surface area contributed by atoms with Crippen LogP contribution in [0, 0.1) is 0 Å². The number of nitrogens with zero attached hydrogens (tertiary/aromatic N) is 2. The van der Waals surface area contributed by atoms with E-state index in [1.807, 2.05) is 0 Å². The Hall–Kier alpha value is -0.480. The zero-order valence-corrected chi connectivity index (χ0v) is 12.9. The van der Waals surface area contributed by atoms with Crippen molar-refractivity contribution < 1.29 is 5.11 Å². The molecule has 0 aromatic carbocycles. The smallest absolute Gasteiger partial charge is 0.0917 e. The van der Waals surface area contributed by atoms with Gasteiger partial charge in [0.05, 0.1) is 16.7 Å². The fraction of sp³-hybridized carbons (Fsp3) is 0.857. The van der Waals surface area contributed by atoms with Crippen LogP contribution in [0.4, 0.5) is 0 Å². The second kappa shape index (κ2) is 7.19. The number of aliphatic hydroxyl groups is 1. The van der Waals surface area contributed by atoms with Crippen LogP contribution in [-0.4, -0.2) is 14.7 Å². The average molecular weight is 270 g/mol. The van der Waals surface area contributed by atoms with E-state index in [0.29, 0.717) is 0 Å². The molecule has 1 unspecified atom stereocenters. The van der Waals surface area contributed by atoms with Crippen LogP contribution in [0.3, 0.4) is 0 Å². The minimum Gasteiger partial charge on any atom is -0.387 e. The summed E-state index contributed by atoms with van der Waals surface area (Å²) in [5.74, 6) is 0. The van der Waals surface area contributed by atoms with Crippen LogP contribution in [0.5, 0.6) is 0 Å². The third-order valence-electron chi connectivity index (χ3n) is 3.11. The standard InChI is InChI=1S/C14H26N2OS/c1-5-6-7-8-9-10-11(17)12-13(14(2,3)4)15-16-18-12/h11,17H,5-10H2,1-4H3. The average Bonchev–Trinajstić information content (AvgIpc) is 2.77. The summed E-state index contributed by atoms with van der Waals surface area (Å²) in [7, 11) is 0. The van der Waals surface area contributed by atoms with E-state index in [4.69, 9.17) is 0 Å².